The van der Waals surface area contributed by atoms with Crippen LogP contribution in [0.1, 0.15) is 31.9 Å². The third-order valence-corrected chi connectivity index (χ3v) is 3.88. The molecular formula is C13H17BrFN. The summed E-state index contributed by atoms with van der Waals surface area (Å²) < 4.78 is 14.4. The number of rotatable bonds is 4. The zero-order valence-electron chi connectivity index (χ0n) is 9.63. The van der Waals surface area contributed by atoms with Crippen LogP contribution in [0, 0.1) is 17.7 Å². The molecule has 0 spiro atoms. The summed E-state index contributed by atoms with van der Waals surface area (Å²) >= 11 is 3.27. The summed E-state index contributed by atoms with van der Waals surface area (Å²) in [6.07, 6.45) is 1.31. The fourth-order valence-corrected chi connectivity index (χ4v) is 2.31. The van der Waals surface area contributed by atoms with Crippen LogP contribution in [0.5, 0.6) is 0 Å². The molecule has 0 heterocycles. The Kier molecular flexibility index (Phi) is 3.65. The van der Waals surface area contributed by atoms with E-state index in [1.54, 1.807) is 0 Å². The first kappa shape index (κ1) is 12.1. The lowest BCUT2D eigenvalue weighted by Crippen LogP contribution is -2.22. The number of nitrogens with one attached hydrogen (secondary N) is 1. The van der Waals surface area contributed by atoms with E-state index in [9.17, 15) is 4.39 Å². The van der Waals surface area contributed by atoms with E-state index in [1.165, 1.54) is 12.5 Å². The van der Waals surface area contributed by atoms with Crippen LogP contribution in [-0.4, -0.2) is 6.54 Å². The van der Waals surface area contributed by atoms with E-state index in [1.807, 2.05) is 19.1 Å². The van der Waals surface area contributed by atoms with Gasteiger partial charge in [-0.2, -0.15) is 0 Å². The Labute approximate surface area is 105 Å². The van der Waals surface area contributed by atoms with Gasteiger partial charge in [-0.05, 0) is 43.9 Å². The van der Waals surface area contributed by atoms with Crippen molar-refractivity contribution in [3.05, 3.63) is 34.1 Å². The molecule has 1 N–H and O–H groups in total. The van der Waals surface area contributed by atoms with Crippen molar-refractivity contribution in [2.45, 2.75) is 26.3 Å². The minimum atomic E-state index is -0.141. The van der Waals surface area contributed by atoms with Crippen molar-refractivity contribution >= 4 is 15.9 Å². The molecular weight excluding hydrogens is 269 g/mol. The molecule has 0 amide bonds. The van der Waals surface area contributed by atoms with Crippen LogP contribution in [-0.2, 0) is 0 Å². The molecule has 1 aliphatic carbocycles. The fourth-order valence-electron chi connectivity index (χ4n) is 1.97. The normalized spacial score (nSPS) is 25.5. The van der Waals surface area contributed by atoms with Gasteiger partial charge in [0.1, 0.15) is 5.82 Å². The number of benzene rings is 1. The van der Waals surface area contributed by atoms with E-state index in [4.69, 9.17) is 0 Å². The molecule has 1 saturated carbocycles. The molecule has 1 aromatic rings. The molecule has 3 unspecified atom stereocenters. The lowest BCUT2D eigenvalue weighted by molar-refractivity contribution is 0.506. The van der Waals surface area contributed by atoms with E-state index >= 15 is 0 Å². The minimum absolute atomic E-state index is 0.0842. The van der Waals surface area contributed by atoms with Gasteiger partial charge in [0.05, 0.1) is 0 Å². The molecule has 0 bridgehead atoms. The van der Waals surface area contributed by atoms with Crippen molar-refractivity contribution in [1.29, 1.82) is 0 Å². The first-order valence-electron chi connectivity index (χ1n) is 5.76. The first-order valence-corrected chi connectivity index (χ1v) is 6.55. The summed E-state index contributed by atoms with van der Waals surface area (Å²) in [5.74, 6) is 1.49. The number of hydrogen-bond acceptors (Lipinski definition) is 1. The average Bonchev–Trinajstić information content (AvgIpc) is 2.91. The Hall–Kier alpha value is -0.410. The summed E-state index contributed by atoms with van der Waals surface area (Å²) in [6.45, 7) is 5.27. The van der Waals surface area contributed by atoms with Crippen molar-refractivity contribution in [3.63, 3.8) is 0 Å². The lowest BCUT2D eigenvalue weighted by atomic mass is 10.1. The minimum Gasteiger partial charge on any atom is -0.310 e. The Morgan fingerprint density at radius 3 is 2.81 bits per heavy atom. The second-order valence-electron chi connectivity index (χ2n) is 4.77. The molecule has 0 saturated heterocycles. The van der Waals surface area contributed by atoms with Gasteiger partial charge in [-0.15, -0.1) is 0 Å². The highest BCUT2D eigenvalue weighted by Crippen LogP contribution is 2.37. The fraction of sp³-hybridized carbons (Fsp3) is 0.538. The third-order valence-electron chi connectivity index (χ3n) is 3.39. The smallest absolute Gasteiger partial charge is 0.129 e. The maximum atomic E-state index is 13.6. The van der Waals surface area contributed by atoms with Gasteiger partial charge in [0, 0.05) is 16.1 Å². The molecule has 0 aromatic heterocycles. The van der Waals surface area contributed by atoms with Gasteiger partial charge < -0.3 is 5.32 Å². The van der Waals surface area contributed by atoms with Crippen LogP contribution in [0.25, 0.3) is 0 Å². The zero-order valence-corrected chi connectivity index (χ0v) is 11.2. The maximum absolute atomic E-state index is 13.6. The van der Waals surface area contributed by atoms with Crippen LogP contribution in [0.15, 0.2) is 22.7 Å². The standard InChI is InChI=1S/C13H17BrFN/c1-8-5-10(8)7-16-9(2)12-4-3-11(14)6-13(12)15/h3-4,6,8-10,16H,5,7H2,1-2H3. The van der Waals surface area contributed by atoms with Crippen LogP contribution in [0.3, 0.4) is 0 Å². The van der Waals surface area contributed by atoms with E-state index in [2.05, 4.69) is 28.2 Å². The summed E-state index contributed by atoms with van der Waals surface area (Å²) in [4.78, 5) is 0. The molecule has 3 atom stereocenters. The largest absolute Gasteiger partial charge is 0.310 e. The molecule has 1 aliphatic rings. The van der Waals surface area contributed by atoms with Crippen molar-refractivity contribution in [3.8, 4) is 0 Å². The van der Waals surface area contributed by atoms with Gasteiger partial charge in [-0.1, -0.05) is 28.9 Å². The van der Waals surface area contributed by atoms with Crippen LogP contribution < -0.4 is 5.32 Å². The third kappa shape index (κ3) is 2.83. The molecule has 0 aliphatic heterocycles. The predicted molar refractivity (Wildman–Crippen MR) is 67.8 cm³/mol. The Morgan fingerprint density at radius 2 is 2.25 bits per heavy atom. The van der Waals surface area contributed by atoms with Crippen LogP contribution >= 0.6 is 15.9 Å². The van der Waals surface area contributed by atoms with Gasteiger partial charge in [0.2, 0.25) is 0 Å². The van der Waals surface area contributed by atoms with Crippen molar-refractivity contribution < 1.29 is 4.39 Å². The SMILES string of the molecule is CC(NCC1CC1C)c1ccc(Br)cc1F. The molecule has 0 radical (unpaired) electrons. The summed E-state index contributed by atoms with van der Waals surface area (Å²) in [5, 5.41) is 3.40. The lowest BCUT2D eigenvalue weighted by Gasteiger charge is -2.15. The number of hydrogen-bond donors (Lipinski definition) is 1. The average molecular weight is 286 g/mol. The van der Waals surface area contributed by atoms with Gasteiger partial charge in [-0.25, -0.2) is 4.39 Å². The molecule has 1 aromatic carbocycles. The number of halogens is 2. The van der Waals surface area contributed by atoms with Crippen molar-refractivity contribution in [2.24, 2.45) is 11.8 Å². The van der Waals surface area contributed by atoms with Crippen molar-refractivity contribution in [1.82, 2.24) is 5.32 Å². The zero-order chi connectivity index (χ0) is 11.7. The quantitative estimate of drug-likeness (QED) is 0.885. The Bertz CT molecular complexity index is 380. The molecule has 2 rings (SSSR count). The van der Waals surface area contributed by atoms with Crippen molar-refractivity contribution in [2.75, 3.05) is 6.54 Å². The summed E-state index contributed by atoms with van der Waals surface area (Å²) in [7, 11) is 0. The highest BCUT2D eigenvalue weighted by Gasteiger charge is 2.32. The second kappa shape index (κ2) is 4.84. The van der Waals surface area contributed by atoms with Crippen LogP contribution in [0.4, 0.5) is 4.39 Å². The predicted octanol–water partition coefficient (Wildman–Crippen LogP) is 3.89. The maximum Gasteiger partial charge on any atom is 0.129 e. The monoisotopic (exact) mass is 285 g/mol. The van der Waals surface area contributed by atoms with E-state index in [-0.39, 0.29) is 11.9 Å². The second-order valence-corrected chi connectivity index (χ2v) is 5.68. The first-order chi connectivity index (χ1) is 7.58. The molecule has 1 fully saturated rings. The van der Waals surface area contributed by atoms with Crippen LogP contribution in [0.2, 0.25) is 0 Å². The Morgan fingerprint density at radius 1 is 1.56 bits per heavy atom. The van der Waals surface area contributed by atoms with E-state index < -0.39 is 0 Å². The van der Waals surface area contributed by atoms with Gasteiger partial charge >= 0.3 is 0 Å². The molecule has 3 heteroatoms. The molecule has 1 nitrogen and oxygen atoms in total. The highest BCUT2D eigenvalue weighted by molar-refractivity contribution is 9.10. The van der Waals surface area contributed by atoms with Gasteiger partial charge in [0.25, 0.3) is 0 Å². The summed E-state index contributed by atoms with van der Waals surface area (Å²) in [6, 6.07) is 5.33. The van der Waals surface area contributed by atoms with E-state index in [0.29, 0.717) is 0 Å². The van der Waals surface area contributed by atoms with Gasteiger partial charge in [0.15, 0.2) is 0 Å². The van der Waals surface area contributed by atoms with E-state index in [0.717, 1.165) is 28.4 Å². The molecule has 16 heavy (non-hydrogen) atoms. The molecule has 88 valence electrons. The topological polar surface area (TPSA) is 12.0 Å². The summed E-state index contributed by atoms with van der Waals surface area (Å²) in [5.41, 5.74) is 0.747. The van der Waals surface area contributed by atoms with Gasteiger partial charge in [-0.3, -0.25) is 0 Å². The Balaban J connectivity index is 1.94. The highest BCUT2D eigenvalue weighted by atomic mass is 79.9.